The van der Waals surface area contributed by atoms with Gasteiger partial charge in [0.05, 0.1) is 18.7 Å². The van der Waals surface area contributed by atoms with Gasteiger partial charge in [0.25, 0.3) is 0 Å². The van der Waals surface area contributed by atoms with Crippen LogP contribution in [0.3, 0.4) is 0 Å². The van der Waals surface area contributed by atoms with E-state index in [1.54, 1.807) is 23.3 Å². The summed E-state index contributed by atoms with van der Waals surface area (Å²) in [6, 6.07) is 6.12. The number of likely N-dealkylation sites (N-methyl/N-ethyl adjacent to an activating group) is 1. The van der Waals surface area contributed by atoms with Gasteiger partial charge in [0, 0.05) is 24.8 Å². The summed E-state index contributed by atoms with van der Waals surface area (Å²) >= 11 is 1.56. The topological polar surface area (TPSA) is 46.8 Å². The van der Waals surface area contributed by atoms with Crippen LogP contribution in [-0.4, -0.2) is 40.4 Å². The molecule has 0 atom stereocenters. The second-order valence-electron chi connectivity index (χ2n) is 5.99. The van der Waals surface area contributed by atoms with Crippen LogP contribution < -0.4 is 4.74 Å². The first-order chi connectivity index (χ1) is 11.5. The van der Waals surface area contributed by atoms with E-state index in [2.05, 4.69) is 11.1 Å². The van der Waals surface area contributed by atoms with E-state index in [0.717, 1.165) is 16.4 Å². The first-order valence-electron chi connectivity index (χ1n) is 7.87. The molecule has 0 N–H and O–H groups in total. The van der Waals surface area contributed by atoms with Gasteiger partial charge in [-0.2, -0.15) is 0 Å². The average Bonchev–Trinajstić information content (AvgIpc) is 3.07. The Hall–Kier alpha value is -2.34. The van der Waals surface area contributed by atoms with Crippen molar-refractivity contribution in [1.82, 2.24) is 14.3 Å². The van der Waals surface area contributed by atoms with E-state index in [9.17, 15) is 4.79 Å². The van der Waals surface area contributed by atoms with E-state index in [0.29, 0.717) is 19.6 Å². The van der Waals surface area contributed by atoms with Crippen molar-refractivity contribution in [3.63, 3.8) is 0 Å². The number of amides is 1. The Morgan fingerprint density at radius 1 is 1.29 bits per heavy atom. The first kappa shape index (κ1) is 16.5. The number of imidazole rings is 1. The number of hydrogen-bond acceptors (Lipinski definition) is 4. The van der Waals surface area contributed by atoms with Gasteiger partial charge in [-0.05, 0) is 37.1 Å². The molecule has 2 aromatic heterocycles. The molecule has 0 unspecified atom stereocenters. The summed E-state index contributed by atoms with van der Waals surface area (Å²) in [5.74, 6) is 0.896. The minimum Gasteiger partial charge on any atom is -0.492 e. The Morgan fingerprint density at radius 2 is 2.04 bits per heavy atom. The Bertz CT molecular complexity index is 804. The highest BCUT2D eigenvalue weighted by molar-refractivity contribution is 7.15. The van der Waals surface area contributed by atoms with E-state index in [1.165, 1.54) is 11.1 Å². The summed E-state index contributed by atoms with van der Waals surface area (Å²) in [5.41, 5.74) is 3.15. The maximum absolute atomic E-state index is 12.3. The Morgan fingerprint density at radius 3 is 2.75 bits per heavy atom. The number of rotatable bonds is 6. The van der Waals surface area contributed by atoms with Crippen molar-refractivity contribution in [2.75, 3.05) is 20.2 Å². The second-order valence-corrected chi connectivity index (χ2v) is 6.86. The van der Waals surface area contributed by atoms with Crippen LogP contribution in [0.2, 0.25) is 0 Å². The molecule has 0 aliphatic rings. The van der Waals surface area contributed by atoms with Gasteiger partial charge < -0.3 is 9.64 Å². The molecule has 0 saturated heterocycles. The van der Waals surface area contributed by atoms with Crippen LogP contribution in [0, 0.1) is 13.8 Å². The summed E-state index contributed by atoms with van der Waals surface area (Å²) < 4.78 is 7.70. The Labute approximate surface area is 145 Å². The summed E-state index contributed by atoms with van der Waals surface area (Å²) in [5, 5.41) is 1.98. The maximum Gasteiger partial charge on any atom is 0.228 e. The smallest absolute Gasteiger partial charge is 0.228 e. The number of ether oxygens (including phenoxy) is 1. The number of hydrogen-bond donors (Lipinski definition) is 0. The van der Waals surface area contributed by atoms with Gasteiger partial charge in [0.1, 0.15) is 12.4 Å². The lowest BCUT2D eigenvalue weighted by molar-refractivity contribution is -0.129. The van der Waals surface area contributed by atoms with E-state index in [-0.39, 0.29) is 5.91 Å². The fourth-order valence-electron chi connectivity index (χ4n) is 2.59. The molecule has 0 aliphatic heterocycles. The van der Waals surface area contributed by atoms with Crippen molar-refractivity contribution in [2.24, 2.45) is 0 Å². The van der Waals surface area contributed by atoms with Gasteiger partial charge in [0.2, 0.25) is 5.91 Å². The van der Waals surface area contributed by atoms with Crippen molar-refractivity contribution < 1.29 is 9.53 Å². The fraction of sp³-hybridized carbons (Fsp3) is 0.333. The molecule has 6 heteroatoms. The van der Waals surface area contributed by atoms with Crippen LogP contribution in [0.25, 0.3) is 4.96 Å². The summed E-state index contributed by atoms with van der Waals surface area (Å²) in [4.78, 5) is 19.3. The van der Waals surface area contributed by atoms with Crippen molar-refractivity contribution in [1.29, 1.82) is 0 Å². The number of carbonyl (C=O) groups is 1. The number of thiazole rings is 1. The monoisotopic (exact) mass is 343 g/mol. The van der Waals surface area contributed by atoms with Crippen molar-refractivity contribution in [3.05, 3.63) is 52.8 Å². The van der Waals surface area contributed by atoms with E-state index in [1.807, 2.05) is 48.2 Å². The third kappa shape index (κ3) is 3.94. The minimum absolute atomic E-state index is 0.0461. The lowest BCUT2D eigenvalue weighted by atomic mass is 10.1. The molecule has 5 nitrogen and oxygen atoms in total. The predicted octanol–water partition coefficient (Wildman–Crippen LogP) is 3.09. The predicted molar refractivity (Wildman–Crippen MR) is 95.8 cm³/mol. The molecule has 0 saturated carbocycles. The van der Waals surface area contributed by atoms with Crippen LogP contribution in [0.5, 0.6) is 5.75 Å². The van der Waals surface area contributed by atoms with Crippen LogP contribution in [-0.2, 0) is 11.2 Å². The molecule has 1 aromatic carbocycles. The molecule has 3 aromatic rings. The molecule has 0 spiro atoms. The average molecular weight is 343 g/mol. The van der Waals surface area contributed by atoms with Gasteiger partial charge in [-0.15, -0.1) is 11.3 Å². The normalized spacial score (nSPS) is 11.0. The highest BCUT2D eigenvalue weighted by Gasteiger charge is 2.12. The number of aromatic nitrogens is 2. The quantitative estimate of drug-likeness (QED) is 0.691. The van der Waals surface area contributed by atoms with Gasteiger partial charge in [0.15, 0.2) is 4.96 Å². The largest absolute Gasteiger partial charge is 0.492 e. The standard InChI is InChI=1S/C18H21N3O2S/c1-13-8-14(2)10-16(9-13)23-6-4-20(3)17(22)11-15-12-21-5-7-24-18(21)19-15/h5,7-10,12H,4,6,11H2,1-3H3. The summed E-state index contributed by atoms with van der Waals surface area (Å²) in [7, 11) is 1.80. The SMILES string of the molecule is Cc1cc(C)cc(OCCN(C)C(=O)Cc2cn3ccsc3n2)c1. The highest BCUT2D eigenvalue weighted by atomic mass is 32.1. The molecule has 0 bridgehead atoms. The molecule has 0 fully saturated rings. The van der Waals surface area contributed by atoms with E-state index in [4.69, 9.17) is 4.74 Å². The third-order valence-electron chi connectivity index (χ3n) is 3.79. The summed E-state index contributed by atoms with van der Waals surface area (Å²) in [6.07, 6.45) is 4.17. The molecule has 1 amide bonds. The number of benzene rings is 1. The van der Waals surface area contributed by atoms with Crippen LogP contribution in [0.15, 0.2) is 36.0 Å². The van der Waals surface area contributed by atoms with Gasteiger partial charge >= 0.3 is 0 Å². The number of fused-ring (bicyclic) bond motifs is 1. The third-order valence-corrected chi connectivity index (χ3v) is 4.56. The van der Waals surface area contributed by atoms with Crippen LogP contribution in [0.1, 0.15) is 16.8 Å². The van der Waals surface area contributed by atoms with Gasteiger partial charge in [-0.25, -0.2) is 4.98 Å². The minimum atomic E-state index is 0.0461. The molecule has 3 rings (SSSR count). The van der Waals surface area contributed by atoms with Gasteiger partial charge in [-0.1, -0.05) is 6.07 Å². The molecule has 24 heavy (non-hydrogen) atoms. The highest BCUT2D eigenvalue weighted by Crippen LogP contribution is 2.16. The maximum atomic E-state index is 12.3. The molecular formula is C18H21N3O2S. The summed E-state index contributed by atoms with van der Waals surface area (Å²) in [6.45, 7) is 5.12. The Kier molecular flexibility index (Phi) is 4.85. The molecule has 0 radical (unpaired) electrons. The lowest BCUT2D eigenvalue weighted by Crippen LogP contribution is -2.32. The second kappa shape index (κ2) is 7.05. The lowest BCUT2D eigenvalue weighted by Gasteiger charge is -2.17. The zero-order valence-corrected chi connectivity index (χ0v) is 15.0. The van der Waals surface area contributed by atoms with Crippen LogP contribution >= 0.6 is 11.3 Å². The fourth-order valence-corrected chi connectivity index (χ4v) is 3.31. The van der Waals surface area contributed by atoms with E-state index < -0.39 is 0 Å². The number of aryl methyl sites for hydroxylation is 2. The van der Waals surface area contributed by atoms with Crippen molar-refractivity contribution in [2.45, 2.75) is 20.3 Å². The first-order valence-corrected chi connectivity index (χ1v) is 8.75. The zero-order chi connectivity index (χ0) is 17.1. The molecular weight excluding hydrogens is 322 g/mol. The number of carbonyl (C=O) groups excluding carboxylic acids is 1. The Balaban J connectivity index is 1.49. The molecule has 2 heterocycles. The zero-order valence-electron chi connectivity index (χ0n) is 14.2. The van der Waals surface area contributed by atoms with Gasteiger partial charge in [-0.3, -0.25) is 9.20 Å². The van der Waals surface area contributed by atoms with Crippen LogP contribution in [0.4, 0.5) is 0 Å². The molecule has 0 aliphatic carbocycles. The van der Waals surface area contributed by atoms with Crippen molar-refractivity contribution >= 4 is 22.2 Å². The van der Waals surface area contributed by atoms with Crippen molar-refractivity contribution in [3.8, 4) is 5.75 Å². The molecule has 126 valence electrons. The number of nitrogens with zero attached hydrogens (tertiary/aromatic N) is 3. The van der Waals surface area contributed by atoms with E-state index >= 15 is 0 Å².